The van der Waals surface area contributed by atoms with Crippen LogP contribution in [0, 0.1) is 0 Å². The average Bonchev–Trinajstić information content (AvgIpc) is 2.30. The topological polar surface area (TPSA) is 67.9 Å². The van der Waals surface area contributed by atoms with Crippen molar-refractivity contribution >= 4 is 12.0 Å². The maximum Gasteiger partial charge on any atom is 0.409 e. The second-order valence-corrected chi connectivity index (χ2v) is 3.96. The number of piperidine rings is 1. The van der Waals surface area contributed by atoms with Gasteiger partial charge < -0.3 is 19.7 Å². The van der Waals surface area contributed by atoms with Crippen LogP contribution < -0.4 is 5.32 Å². The molecule has 0 bridgehead atoms. The summed E-state index contributed by atoms with van der Waals surface area (Å²) in [6.45, 7) is 3.50. The molecule has 6 nitrogen and oxygen atoms in total. The molecule has 0 aromatic carbocycles. The summed E-state index contributed by atoms with van der Waals surface area (Å²) in [7, 11) is 1.49. The van der Waals surface area contributed by atoms with Crippen LogP contribution in [0.15, 0.2) is 0 Å². The summed E-state index contributed by atoms with van der Waals surface area (Å²) in [5, 5.41) is 2.87. The zero-order valence-corrected chi connectivity index (χ0v) is 10.4. The predicted octanol–water partition coefficient (Wildman–Crippen LogP) is 0.370. The van der Waals surface area contributed by atoms with E-state index in [4.69, 9.17) is 9.47 Å². The second kappa shape index (κ2) is 7.11. The number of amides is 2. The van der Waals surface area contributed by atoms with Crippen LogP contribution in [0.2, 0.25) is 0 Å². The molecular weight excluding hydrogens is 224 g/mol. The molecule has 0 radical (unpaired) electrons. The molecule has 6 heteroatoms. The van der Waals surface area contributed by atoms with Crippen LogP contribution in [0.1, 0.15) is 19.8 Å². The lowest BCUT2D eigenvalue weighted by atomic mass is 10.1. The molecule has 1 fully saturated rings. The molecular formula is C11H20N2O4. The number of carbonyl (C=O) groups is 2. The Morgan fingerprint density at radius 2 is 2.00 bits per heavy atom. The van der Waals surface area contributed by atoms with E-state index < -0.39 is 0 Å². The zero-order valence-electron chi connectivity index (χ0n) is 10.4. The molecule has 98 valence electrons. The van der Waals surface area contributed by atoms with Crippen LogP contribution in [0.3, 0.4) is 0 Å². The first-order chi connectivity index (χ1) is 8.17. The summed E-state index contributed by atoms with van der Waals surface area (Å²) in [6.07, 6.45) is 1.25. The van der Waals surface area contributed by atoms with Gasteiger partial charge in [0.15, 0.2) is 0 Å². The first kappa shape index (κ1) is 13.8. The minimum atomic E-state index is -0.269. The lowest BCUT2D eigenvalue weighted by Gasteiger charge is -2.31. The Morgan fingerprint density at radius 3 is 2.53 bits per heavy atom. The van der Waals surface area contributed by atoms with Crippen molar-refractivity contribution in [3.05, 3.63) is 0 Å². The average molecular weight is 244 g/mol. The van der Waals surface area contributed by atoms with Gasteiger partial charge in [0.25, 0.3) is 0 Å². The highest BCUT2D eigenvalue weighted by molar-refractivity contribution is 5.77. The molecule has 0 spiro atoms. The van der Waals surface area contributed by atoms with E-state index in [1.807, 2.05) is 0 Å². The Hall–Kier alpha value is -1.30. The van der Waals surface area contributed by atoms with Gasteiger partial charge in [0.1, 0.15) is 6.61 Å². The van der Waals surface area contributed by atoms with Crippen LogP contribution in [0.25, 0.3) is 0 Å². The monoisotopic (exact) mass is 244 g/mol. The highest BCUT2D eigenvalue weighted by Gasteiger charge is 2.24. The number of hydrogen-bond acceptors (Lipinski definition) is 4. The van der Waals surface area contributed by atoms with Crippen LogP contribution in [-0.2, 0) is 14.3 Å². The van der Waals surface area contributed by atoms with Gasteiger partial charge in [0.05, 0.1) is 6.61 Å². The summed E-state index contributed by atoms with van der Waals surface area (Å²) in [5.74, 6) is -0.109. The van der Waals surface area contributed by atoms with E-state index in [9.17, 15) is 9.59 Å². The van der Waals surface area contributed by atoms with E-state index >= 15 is 0 Å². The van der Waals surface area contributed by atoms with Crippen LogP contribution >= 0.6 is 0 Å². The summed E-state index contributed by atoms with van der Waals surface area (Å²) in [4.78, 5) is 24.4. The Kier molecular flexibility index (Phi) is 5.76. The molecule has 1 rings (SSSR count). The summed E-state index contributed by atoms with van der Waals surface area (Å²) in [6, 6.07) is 0.128. The molecule has 1 aliphatic heterocycles. The van der Waals surface area contributed by atoms with Gasteiger partial charge in [0, 0.05) is 26.2 Å². The predicted molar refractivity (Wildman–Crippen MR) is 61.6 cm³/mol. The van der Waals surface area contributed by atoms with Gasteiger partial charge >= 0.3 is 6.09 Å². The van der Waals surface area contributed by atoms with E-state index in [2.05, 4.69) is 5.32 Å². The Bertz CT molecular complexity index is 262. The highest BCUT2D eigenvalue weighted by Crippen LogP contribution is 2.11. The molecule has 0 saturated carbocycles. The lowest BCUT2D eigenvalue weighted by Crippen LogP contribution is -2.47. The standard InChI is InChI=1S/C11H20N2O4/c1-3-17-11(15)13-6-4-9(5-7-13)12-10(14)8-16-2/h9H,3-8H2,1-2H3,(H,12,14). The van der Waals surface area contributed by atoms with Crippen molar-refractivity contribution in [1.82, 2.24) is 10.2 Å². The Labute approximate surface area is 101 Å². The SMILES string of the molecule is CCOC(=O)N1CCC(NC(=O)COC)CC1. The van der Waals surface area contributed by atoms with Gasteiger partial charge in [-0.25, -0.2) is 4.79 Å². The summed E-state index contributed by atoms with van der Waals surface area (Å²) < 4.78 is 9.66. The maximum atomic E-state index is 11.4. The molecule has 0 aliphatic carbocycles. The number of nitrogens with zero attached hydrogens (tertiary/aromatic N) is 1. The third-order valence-electron chi connectivity index (χ3n) is 2.66. The molecule has 17 heavy (non-hydrogen) atoms. The van der Waals surface area contributed by atoms with Crippen molar-refractivity contribution in [2.24, 2.45) is 0 Å². The van der Waals surface area contributed by atoms with Crippen LogP contribution in [0.4, 0.5) is 4.79 Å². The fourth-order valence-corrected chi connectivity index (χ4v) is 1.82. The van der Waals surface area contributed by atoms with Gasteiger partial charge in [-0.15, -0.1) is 0 Å². The van der Waals surface area contributed by atoms with Crippen molar-refractivity contribution in [2.75, 3.05) is 33.4 Å². The third-order valence-corrected chi connectivity index (χ3v) is 2.66. The number of carbonyl (C=O) groups excluding carboxylic acids is 2. The smallest absolute Gasteiger partial charge is 0.409 e. The van der Waals surface area contributed by atoms with Gasteiger partial charge in [-0.05, 0) is 19.8 Å². The van der Waals surface area contributed by atoms with Gasteiger partial charge in [0.2, 0.25) is 5.91 Å². The van der Waals surface area contributed by atoms with Crippen molar-refractivity contribution < 1.29 is 19.1 Å². The fraction of sp³-hybridized carbons (Fsp3) is 0.818. The molecule has 1 saturated heterocycles. The molecule has 2 amide bonds. The fourth-order valence-electron chi connectivity index (χ4n) is 1.82. The molecule has 0 aromatic rings. The van der Waals surface area contributed by atoms with Crippen molar-refractivity contribution in [1.29, 1.82) is 0 Å². The molecule has 0 aromatic heterocycles. The summed E-state index contributed by atoms with van der Waals surface area (Å²) in [5.41, 5.74) is 0. The number of ether oxygens (including phenoxy) is 2. The maximum absolute atomic E-state index is 11.4. The minimum Gasteiger partial charge on any atom is -0.450 e. The Balaban J connectivity index is 2.26. The lowest BCUT2D eigenvalue weighted by molar-refractivity contribution is -0.125. The van der Waals surface area contributed by atoms with E-state index in [-0.39, 0.29) is 24.6 Å². The molecule has 1 N–H and O–H groups in total. The third kappa shape index (κ3) is 4.60. The van der Waals surface area contributed by atoms with Gasteiger partial charge in [-0.2, -0.15) is 0 Å². The molecule has 0 atom stereocenters. The quantitative estimate of drug-likeness (QED) is 0.776. The number of rotatable bonds is 4. The number of likely N-dealkylation sites (tertiary alicyclic amines) is 1. The van der Waals surface area contributed by atoms with E-state index in [1.165, 1.54) is 7.11 Å². The molecule has 1 aliphatic rings. The number of methoxy groups -OCH3 is 1. The molecule has 0 unspecified atom stereocenters. The van der Waals surface area contributed by atoms with E-state index in [0.29, 0.717) is 19.7 Å². The Morgan fingerprint density at radius 1 is 1.35 bits per heavy atom. The summed E-state index contributed by atoms with van der Waals surface area (Å²) >= 11 is 0. The van der Waals surface area contributed by atoms with Crippen LogP contribution in [0.5, 0.6) is 0 Å². The van der Waals surface area contributed by atoms with Gasteiger partial charge in [-0.1, -0.05) is 0 Å². The van der Waals surface area contributed by atoms with E-state index in [1.54, 1.807) is 11.8 Å². The minimum absolute atomic E-state index is 0.0814. The van der Waals surface area contributed by atoms with Crippen LogP contribution in [-0.4, -0.2) is 56.4 Å². The highest BCUT2D eigenvalue weighted by atomic mass is 16.6. The largest absolute Gasteiger partial charge is 0.450 e. The number of nitrogens with one attached hydrogen (secondary N) is 1. The van der Waals surface area contributed by atoms with Crippen molar-refractivity contribution in [3.63, 3.8) is 0 Å². The first-order valence-corrected chi connectivity index (χ1v) is 5.87. The van der Waals surface area contributed by atoms with Gasteiger partial charge in [-0.3, -0.25) is 4.79 Å². The number of hydrogen-bond donors (Lipinski definition) is 1. The second-order valence-electron chi connectivity index (χ2n) is 3.96. The molecule has 1 heterocycles. The zero-order chi connectivity index (χ0) is 12.7. The normalized spacial score (nSPS) is 16.7. The van der Waals surface area contributed by atoms with E-state index in [0.717, 1.165) is 12.8 Å². The van der Waals surface area contributed by atoms with Crippen molar-refractivity contribution in [2.45, 2.75) is 25.8 Å². The first-order valence-electron chi connectivity index (χ1n) is 5.87. The van der Waals surface area contributed by atoms with Crippen molar-refractivity contribution in [3.8, 4) is 0 Å².